The van der Waals surface area contributed by atoms with Crippen molar-refractivity contribution in [1.29, 1.82) is 0 Å². The Labute approximate surface area is 203 Å². The molecule has 1 unspecified atom stereocenters. The molecule has 1 heterocycles. The van der Waals surface area contributed by atoms with Gasteiger partial charge in [0.1, 0.15) is 4.90 Å². The summed E-state index contributed by atoms with van der Waals surface area (Å²) in [4.78, 5) is 26.7. The van der Waals surface area contributed by atoms with Crippen LogP contribution in [0.4, 0.5) is 11.4 Å². The van der Waals surface area contributed by atoms with Gasteiger partial charge in [-0.15, -0.1) is 0 Å². The highest BCUT2D eigenvalue weighted by Gasteiger charge is 2.33. The van der Waals surface area contributed by atoms with Gasteiger partial charge in [0.15, 0.2) is 6.10 Å². The molecule has 1 atom stereocenters. The first-order valence-electron chi connectivity index (χ1n) is 10.6. The number of fused-ring (bicyclic) bond motifs is 1. The summed E-state index contributed by atoms with van der Waals surface area (Å²) in [6, 6.07) is 20.1. The lowest BCUT2D eigenvalue weighted by Crippen LogP contribution is -2.37. The summed E-state index contributed by atoms with van der Waals surface area (Å²) in [6.45, 7) is 1.75. The van der Waals surface area contributed by atoms with Crippen molar-refractivity contribution in [3.63, 3.8) is 0 Å². The molecule has 0 aliphatic carbocycles. The second kappa shape index (κ2) is 9.48. The highest BCUT2D eigenvalue weighted by Crippen LogP contribution is 2.35. The van der Waals surface area contributed by atoms with Crippen molar-refractivity contribution in [3.8, 4) is 0 Å². The van der Waals surface area contributed by atoms with Gasteiger partial charge in [0, 0.05) is 19.3 Å². The zero-order chi connectivity index (χ0) is 24.5. The first-order chi connectivity index (χ1) is 16.2. The largest absolute Gasteiger partial charge is 0.449 e. The second-order valence-electron chi connectivity index (χ2n) is 7.88. The van der Waals surface area contributed by atoms with Gasteiger partial charge in [0.05, 0.1) is 16.3 Å². The van der Waals surface area contributed by atoms with E-state index in [4.69, 9.17) is 16.3 Å². The third-order valence-corrected chi connectivity index (χ3v) is 7.98. The summed E-state index contributed by atoms with van der Waals surface area (Å²) in [6.07, 6.45) is -0.498. The first kappa shape index (κ1) is 23.8. The highest BCUT2D eigenvalue weighted by molar-refractivity contribution is 7.93. The molecule has 176 valence electrons. The summed E-state index contributed by atoms with van der Waals surface area (Å²) >= 11 is 6.24. The van der Waals surface area contributed by atoms with E-state index in [-0.39, 0.29) is 22.0 Å². The average Bonchev–Trinajstić information content (AvgIpc) is 3.29. The van der Waals surface area contributed by atoms with Gasteiger partial charge in [-0.25, -0.2) is 13.2 Å². The van der Waals surface area contributed by atoms with Crippen molar-refractivity contribution >= 4 is 44.9 Å². The van der Waals surface area contributed by atoms with Crippen LogP contribution in [0.5, 0.6) is 0 Å². The van der Waals surface area contributed by atoms with Crippen LogP contribution in [0.2, 0.25) is 5.02 Å². The van der Waals surface area contributed by atoms with Crippen molar-refractivity contribution in [3.05, 3.63) is 88.9 Å². The number of carbonyl (C=O) groups is 2. The summed E-state index contributed by atoms with van der Waals surface area (Å²) in [5, 5.41) is -0.00568. The molecule has 9 heteroatoms. The average molecular weight is 499 g/mol. The normalized spacial score (nSPS) is 13.8. The summed E-state index contributed by atoms with van der Waals surface area (Å²) < 4.78 is 33.4. The predicted molar refractivity (Wildman–Crippen MR) is 131 cm³/mol. The minimum Gasteiger partial charge on any atom is -0.449 e. The molecule has 4 rings (SSSR count). The zero-order valence-corrected chi connectivity index (χ0v) is 20.2. The summed E-state index contributed by atoms with van der Waals surface area (Å²) in [5.74, 6) is -1.24. The van der Waals surface area contributed by atoms with E-state index in [1.54, 1.807) is 43.4 Å². The fourth-order valence-electron chi connectivity index (χ4n) is 3.83. The Hall–Kier alpha value is -3.36. The van der Waals surface area contributed by atoms with Gasteiger partial charge >= 0.3 is 5.97 Å². The van der Waals surface area contributed by atoms with E-state index < -0.39 is 28.0 Å². The van der Waals surface area contributed by atoms with Gasteiger partial charge in [-0.3, -0.25) is 9.10 Å². The maximum Gasteiger partial charge on any atom is 0.338 e. The number of sulfonamides is 1. The molecule has 3 aromatic carbocycles. The molecule has 0 saturated heterocycles. The van der Waals surface area contributed by atoms with E-state index in [1.165, 1.54) is 34.3 Å². The van der Waals surface area contributed by atoms with Crippen LogP contribution in [0.1, 0.15) is 22.8 Å². The number of nitrogens with zero attached hydrogens (tertiary/aromatic N) is 2. The van der Waals surface area contributed by atoms with E-state index in [2.05, 4.69) is 0 Å². The molecule has 1 aliphatic heterocycles. The number of esters is 1. The number of hydrogen-bond donors (Lipinski definition) is 0. The minimum absolute atomic E-state index is 0.00568. The number of anilines is 2. The maximum absolute atomic E-state index is 13.4. The number of carbonyl (C=O) groups excluding carboxylic acids is 2. The third kappa shape index (κ3) is 4.51. The number of amides is 1. The number of halogens is 1. The van der Waals surface area contributed by atoms with Crippen molar-refractivity contribution in [2.24, 2.45) is 0 Å². The molecule has 1 amide bonds. The number of ether oxygens (including phenoxy) is 1. The van der Waals surface area contributed by atoms with Crippen molar-refractivity contribution in [2.45, 2.75) is 24.3 Å². The molecule has 7 nitrogen and oxygen atoms in total. The van der Waals surface area contributed by atoms with Gasteiger partial charge in [0.2, 0.25) is 0 Å². The van der Waals surface area contributed by atoms with Gasteiger partial charge < -0.3 is 9.64 Å². The monoisotopic (exact) mass is 498 g/mol. The molecular formula is C25H23ClN2O5S. The SMILES string of the molecule is CC(OC(=O)c1ccc(Cl)c(S(=O)(=O)N2CCc3ccccc32)c1)C(=O)N(C)c1ccccc1. The molecule has 0 bridgehead atoms. The number of rotatable bonds is 6. The first-order valence-corrected chi connectivity index (χ1v) is 12.5. The highest BCUT2D eigenvalue weighted by atomic mass is 35.5. The molecule has 0 fully saturated rings. The Morgan fingerprint density at radius 2 is 1.71 bits per heavy atom. The van der Waals surface area contributed by atoms with Crippen LogP contribution < -0.4 is 9.21 Å². The van der Waals surface area contributed by atoms with Gasteiger partial charge in [-0.2, -0.15) is 0 Å². The standard InChI is InChI=1S/C25H23ClN2O5S/c1-17(24(29)27(2)20-9-4-3-5-10-20)33-25(30)19-12-13-21(26)23(16-19)34(31,32)28-15-14-18-8-6-7-11-22(18)28/h3-13,16-17H,14-15H2,1-2H3. The quantitative estimate of drug-likeness (QED) is 0.473. The molecule has 3 aromatic rings. The molecule has 0 N–H and O–H groups in total. The van der Waals surface area contributed by atoms with Gasteiger partial charge in [-0.05, 0) is 55.3 Å². The smallest absolute Gasteiger partial charge is 0.338 e. The van der Waals surface area contributed by atoms with Crippen LogP contribution in [-0.4, -0.2) is 40.0 Å². The van der Waals surface area contributed by atoms with E-state index in [0.717, 1.165) is 5.56 Å². The summed E-state index contributed by atoms with van der Waals surface area (Å²) in [5.41, 5.74) is 2.15. The molecule has 0 aromatic heterocycles. The predicted octanol–water partition coefficient (Wildman–Crippen LogP) is 4.30. The summed E-state index contributed by atoms with van der Waals surface area (Å²) in [7, 11) is -2.43. The van der Waals surface area contributed by atoms with Gasteiger partial charge in [-0.1, -0.05) is 48.0 Å². The van der Waals surface area contributed by atoms with Gasteiger partial charge in [0.25, 0.3) is 15.9 Å². The fourth-order valence-corrected chi connectivity index (χ4v) is 5.84. The lowest BCUT2D eigenvalue weighted by atomic mass is 10.2. The fraction of sp³-hybridized carbons (Fsp3) is 0.200. The Morgan fingerprint density at radius 1 is 1.03 bits per heavy atom. The van der Waals surface area contributed by atoms with E-state index in [9.17, 15) is 18.0 Å². The van der Waals surface area contributed by atoms with E-state index in [1.807, 2.05) is 18.2 Å². The molecule has 0 spiro atoms. The lowest BCUT2D eigenvalue weighted by molar-refractivity contribution is -0.126. The second-order valence-corrected chi connectivity index (χ2v) is 10.1. The van der Waals surface area contributed by atoms with Crippen molar-refractivity contribution < 1.29 is 22.7 Å². The van der Waals surface area contributed by atoms with Crippen molar-refractivity contribution in [2.75, 3.05) is 22.8 Å². The minimum atomic E-state index is -4.01. The van der Waals surface area contributed by atoms with Crippen molar-refractivity contribution in [1.82, 2.24) is 0 Å². The topological polar surface area (TPSA) is 84.0 Å². The molecule has 0 saturated carbocycles. The molecular weight excluding hydrogens is 476 g/mol. The van der Waals surface area contributed by atoms with Crippen LogP contribution in [0, 0.1) is 0 Å². The van der Waals surface area contributed by atoms with Crippen LogP contribution in [0.15, 0.2) is 77.7 Å². The Balaban J connectivity index is 1.55. The Morgan fingerprint density at radius 3 is 2.44 bits per heavy atom. The number of likely N-dealkylation sites (N-methyl/N-ethyl adjacent to an activating group) is 1. The third-order valence-electron chi connectivity index (χ3n) is 5.69. The van der Waals surface area contributed by atoms with E-state index >= 15 is 0 Å². The Kier molecular flexibility index (Phi) is 6.63. The number of para-hydroxylation sites is 2. The lowest BCUT2D eigenvalue weighted by Gasteiger charge is -2.22. The molecule has 1 aliphatic rings. The Bertz CT molecular complexity index is 1340. The maximum atomic E-state index is 13.4. The molecule has 0 radical (unpaired) electrons. The zero-order valence-electron chi connectivity index (χ0n) is 18.6. The van der Waals surface area contributed by atoms with E-state index in [0.29, 0.717) is 17.8 Å². The van der Waals surface area contributed by atoms with Crippen LogP contribution in [-0.2, 0) is 26.0 Å². The number of benzene rings is 3. The van der Waals surface area contributed by atoms with Crippen LogP contribution >= 0.6 is 11.6 Å². The molecule has 34 heavy (non-hydrogen) atoms. The van der Waals surface area contributed by atoms with Crippen LogP contribution in [0.25, 0.3) is 0 Å². The number of hydrogen-bond acceptors (Lipinski definition) is 5. The van der Waals surface area contributed by atoms with Crippen LogP contribution in [0.3, 0.4) is 0 Å².